The first-order chi connectivity index (χ1) is 11.0. The maximum Gasteiger partial charge on any atom is 0.331 e. The molecule has 0 fully saturated rings. The van der Waals surface area contributed by atoms with E-state index >= 15 is 0 Å². The molecule has 5 nitrogen and oxygen atoms in total. The van der Waals surface area contributed by atoms with Gasteiger partial charge in [-0.15, -0.1) is 0 Å². The molecule has 3 rings (SSSR count). The van der Waals surface area contributed by atoms with Crippen LogP contribution in [0.1, 0.15) is 5.56 Å². The van der Waals surface area contributed by atoms with Gasteiger partial charge in [-0.3, -0.25) is 9.36 Å². The Morgan fingerprint density at radius 1 is 1.26 bits per heavy atom. The molecule has 0 radical (unpaired) electrons. The molecule has 0 aliphatic rings. The van der Waals surface area contributed by atoms with E-state index in [2.05, 4.69) is 4.98 Å². The van der Waals surface area contributed by atoms with Crippen LogP contribution in [0.4, 0.5) is 0 Å². The minimum atomic E-state index is -0.573. The molecule has 1 aromatic heterocycles. The number of fused-ring (bicyclic) bond motifs is 1. The van der Waals surface area contributed by atoms with E-state index in [1.54, 1.807) is 30.3 Å². The molecule has 0 saturated carbocycles. The molecule has 0 amide bonds. The van der Waals surface area contributed by atoms with Crippen molar-refractivity contribution in [2.45, 2.75) is 13.5 Å². The van der Waals surface area contributed by atoms with Gasteiger partial charge in [-0.25, -0.2) is 9.78 Å². The summed E-state index contributed by atoms with van der Waals surface area (Å²) in [5, 5.41) is 0.343. The van der Waals surface area contributed by atoms with Crippen molar-refractivity contribution in [3.05, 3.63) is 69.6 Å². The van der Waals surface area contributed by atoms with Gasteiger partial charge in [-0.1, -0.05) is 29.8 Å². The molecule has 0 aliphatic carbocycles. The van der Waals surface area contributed by atoms with E-state index in [-0.39, 0.29) is 17.9 Å². The molecule has 0 unspecified atom stereocenters. The average Bonchev–Trinajstić information content (AvgIpc) is 2.54. The van der Waals surface area contributed by atoms with Crippen molar-refractivity contribution in [1.29, 1.82) is 0 Å². The molecule has 1 heterocycles. The number of carbonyl (C=O) groups is 1. The Morgan fingerprint density at radius 2 is 2.04 bits per heavy atom. The van der Waals surface area contributed by atoms with E-state index in [1.165, 1.54) is 10.8 Å². The van der Waals surface area contributed by atoms with Crippen LogP contribution in [0, 0.1) is 6.92 Å². The summed E-state index contributed by atoms with van der Waals surface area (Å²) in [7, 11) is 0. The Balaban J connectivity index is 1.90. The fourth-order valence-corrected chi connectivity index (χ4v) is 2.41. The van der Waals surface area contributed by atoms with Gasteiger partial charge in [0.2, 0.25) is 0 Å². The predicted octanol–water partition coefficient (Wildman–Crippen LogP) is 2.96. The van der Waals surface area contributed by atoms with Crippen LogP contribution in [-0.2, 0) is 11.3 Å². The summed E-state index contributed by atoms with van der Waals surface area (Å²) in [6.07, 6.45) is 1.19. The maximum absolute atomic E-state index is 12.2. The third kappa shape index (κ3) is 3.24. The second kappa shape index (κ2) is 6.22. The summed E-state index contributed by atoms with van der Waals surface area (Å²) in [4.78, 5) is 28.2. The van der Waals surface area contributed by atoms with E-state index < -0.39 is 5.97 Å². The lowest BCUT2D eigenvalue weighted by Crippen LogP contribution is -2.27. The van der Waals surface area contributed by atoms with E-state index in [4.69, 9.17) is 16.3 Å². The number of esters is 1. The summed E-state index contributed by atoms with van der Waals surface area (Å²) < 4.78 is 6.61. The fourth-order valence-electron chi connectivity index (χ4n) is 2.25. The van der Waals surface area contributed by atoms with E-state index in [0.29, 0.717) is 16.1 Å². The number of hydrogen-bond acceptors (Lipinski definition) is 4. The van der Waals surface area contributed by atoms with Gasteiger partial charge in [0.25, 0.3) is 5.56 Å². The number of ether oxygens (including phenoxy) is 1. The van der Waals surface area contributed by atoms with Gasteiger partial charge in [0.1, 0.15) is 12.3 Å². The minimum absolute atomic E-state index is 0.216. The van der Waals surface area contributed by atoms with Gasteiger partial charge in [-0.05, 0) is 36.8 Å². The van der Waals surface area contributed by atoms with Gasteiger partial charge in [0.15, 0.2) is 0 Å². The second-order valence-corrected chi connectivity index (χ2v) is 5.49. The first-order valence-corrected chi connectivity index (χ1v) is 7.34. The van der Waals surface area contributed by atoms with Crippen LogP contribution in [0.2, 0.25) is 5.02 Å². The van der Waals surface area contributed by atoms with Crippen molar-refractivity contribution in [3.63, 3.8) is 0 Å². The Labute approximate surface area is 137 Å². The number of halogens is 1. The topological polar surface area (TPSA) is 61.2 Å². The van der Waals surface area contributed by atoms with E-state index in [9.17, 15) is 9.59 Å². The monoisotopic (exact) mass is 328 g/mol. The largest absolute Gasteiger partial charge is 0.424 e. The molecule has 0 atom stereocenters. The molecule has 6 heteroatoms. The molecular formula is C17H13ClN2O3. The van der Waals surface area contributed by atoms with Gasteiger partial charge < -0.3 is 4.74 Å². The van der Waals surface area contributed by atoms with Crippen LogP contribution in [0.15, 0.2) is 53.5 Å². The average molecular weight is 329 g/mol. The van der Waals surface area contributed by atoms with Crippen molar-refractivity contribution >= 4 is 28.6 Å². The molecule has 23 heavy (non-hydrogen) atoms. The molecule has 0 aliphatic heterocycles. The summed E-state index contributed by atoms with van der Waals surface area (Å²) in [5.74, 6) is -0.293. The molecule has 116 valence electrons. The number of rotatable bonds is 3. The molecule has 0 bridgehead atoms. The highest BCUT2D eigenvalue weighted by Gasteiger charge is 2.12. The molecule has 0 N–H and O–H groups in total. The first kappa shape index (κ1) is 15.2. The van der Waals surface area contributed by atoms with Gasteiger partial charge in [0, 0.05) is 0 Å². The Hall–Kier alpha value is -2.66. The highest BCUT2D eigenvalue weighted by Crippen LogP contribution is 2.25. The van der Waals surface area contributed by atoms with Crippen LogP contribution < -0.4 is 10.3 Å². The number of carbonyl (C=O) groups excluding carboxylic acids is 1. The van der Waals surface area contributed by atoms with Crippen LogP contribution in [0.5, 0.6) is 5.75 Å². The predicted molar refractivity (Wildman–Crippen MR) is 87.8 cm³/mol. The first-order valence-electron chi connectivity index (χ1n) is 6.96. The SMILES string of the molecule is Cc1ccc(Cl)c(OC(=O)Cn2c(=O)cnc3ccccc32)c1. The molecule has 0 saturated heterocycles. The van der Waals surface area contributed by atoms with Crippen molar-refractivity contribution in [3.8, 4) is 5.75 Å². The lowest BCUT2D eigenvalue weighted by molar-refractivity contribution is -0.135. The lowest BCUT2D eigenvalue weighted by atomic mass is 10.2. The minimum Gasteiger partial charge on any atom is -0.424 e. The standard InChI is InChI=1S/C17H13ClN2O3/c1-11-6-7-12(18)15(8-11)23-17(22)10-20-14-5-3-2-4-13(14)19-9-16(20)21/h2-9H,10H2,1H3. The zero-order chi connectivity index (χ0) is 16.4. The van der Waals surface area contributed by atoms with E-state index in [0.717, 1.165) is 5.56 Å². The Morgan fingerprint density at radius 3 is 2.87 bits per heavy atom. The fraction of sp³-hybridized carbons (Fsp3) is 0.118. The van der Waals surface area contributed by atoms with Crippen molar-refractivity contribution in [2.24, 2.45) is 0 Å². The molecular weight excluding hydrogens is 316 g/mol. The highest BCUT2D eigenvalue weighted by atomic mass is 35.5. The number of benzene rings is 2. The van der Waals surface area contributed by atoms with Gasteiger partial charge >= 0.3 is 5.97 Å². The maximum atomic E-state index is 12.2. The van der Waals surface area contributed by atoms with Gasteiger partial charge in [-0.2, -0.15) is 0 Å². The Bertz CT molecular complexity index is 950. The quantitative estimate of drug-likeness (QED) is 0.548. The number of hydrogen-bond donors (Lipinski definition) is 0. The number of nitrogens with zero attached hydrogens (tertiary/aromatic N) is 2. The third-order valence-corrected chi connectivity index (χ3v) is 3.66. The zero-order valence-electron chi connectivity index (χ0n) is 12.3. The smallest absolute Gasteiger partial charge is 0.331 e. The summed E-state index contributed by atoms with van der Waals surface area (Å²) >= 11 is 6.01. The number of aromatic nitrogens is 2. The van der Waals surface area contributed by atoms with E-state index in [1.807, 2.05) is 19.1 Å². The van der Waals surface area contributed by atoms with Gasteiger partial charge in [0.05, 0.1) is 22.3 Å². The van der Waals surface area contributed by atoms with Crippen LogP contribution in [-0.4, -0.2) is 15.5 Å². The summed E-state index contributed by atoms with van der Waals surface area (Å²) in [5.41, 5.74) is 1.76. The van der Waals surface area contributed by atoms with Crippen molar-refractivity contribution in [2.75, 3.05) is 0 Å². The van der Waals surface area contributed by atoms with Crippen molar-refractivity contribution < 1.29 is 9.53 Å². The molecule has 0 spiro atoms. The van der Waals surface area contributed by atoms with Crippen LogP contribution in [0.3, 0.4) is 0 Å². The van der Waals surface area contributed by atoms with Crippen LogP contribution >= 0.6 is 11.6 Å². The van der Waals surface area contributed by atoms with Crippen molar-refractivity contribution in [1.82, 2.24) is 9.55 Å². The molecule has 3 aromatic rings. The zero-order valence-corrected chi connectivity index (χ0v) is 13.1. The Kier molecular flexibility index (Phi) is 4.12. The number of aryl methyl sites for hydroxylation is 1. The highest BCUT2D eigenvalue weighted by molar-refractivity contribution is 6.32. The number of para-hydroxylation sites is 2. The van der Waals surface area contributed by atoms with Crippen LogP contribution in [0.25, 0.3) is 11.0 Å². The summed E-state index contributed by atoms with van der Waals surface area (Å²) in [6.45, 7) is 1.65. The second-order valence-electron chi connectivity index (χ2n) is 5.08. The third-order valence-electron chi connectivity index (χ3n) is 3.35. The molecule has 2 aromatic carbocycles. The lowest BCUT2D eigenvalue weighted by Gasteiger charge is -2.10. The normalized spacial score (nSPS) is 10.7. The summed E-state index contributed by atoms with van der Waals surface area (Å²) in [6, 6.07) is 12.3.